The molecule has 0 fully saturated rings. The van der Waals surface area contributed by atoms with Gasteiger partial charge < -0.3 is 9.52 Å². The van der Waals surface area contributed by atoms with Crippen molar-refractivity contribution < 1.29 is 19.1 Å². The number of rotatable bonds is 6. The fourth-order valence-electron chi connectivity index (χ4n) is 3.11. The first-order valence-electron chi connectivity index (χ1n) is 8.86. The molecule has 0 amide bonds. The minimum Gasteiger partial charge on any atom is -0.478 e. The smallest absolute Gasteiger partial charge is 0.336 e. The highest BCUT2D eigenvalue weighted by molar-refractivity contribution is 7.00. The summed E-state index contributed by atoms with van der Waals surface area (Å²) >= 11 is 1.05. The van der Waals surface area contributed by atoms with Crippen LogP contribution < -0.4 is 0 Å². The quantitative estimate of drug-likeness (QED) is 0.374. The van der Waals surface area contributed by atoms with Crippen LogP contribution in [-0.2, 0) is 11.2 Å². The van der Waals surface area contributed by atoms with Gasteiger partial charge >= 0.3 is 5.97 Å². The summed E-state index contributed by atoms with van der Waals surface area (Å²) in [5.74, 6) is -1.03. The molecule has 4 aromatic rings. The van der Waals surface area contributed by atoms with Gasteiger partial charge in [-0.15, -0.1) is 0 Å². The average Bonchev–Trinajstić information content (AvgIpc) is 3.38. The number of hydrogen-bond acceptors (Lipinski definition) is 6. The maximum Gasteiger partial charge on any atom is 0.336 e. The molecular formula is C22H16N2O4S. The Hall–Kier alpha value is -3.58. The zero-order valence-corrected chi connectivity index (χ0v) is 16.3. The van der Waals surface area contributed by atoms with Crippen molar-refractivity contribution in [1.29, 1.82) is 0 Å². The van der Waals surface area contributed by atoms with E-state index < -0.39 is 5.97 Å². The minimum atomic E-state index is -1.19. The molecule has 0 unspecified atom stereocenters. The number of carboxylic acids is 1. The lowest BCUT2D eigenvalue weighted by Gasteiger charge is -2.12. The van der Waals surface area contributed by atoms with E-state index in [9.17, 15) is 14.7 Å². The summed E-state index contributed by atoms with van der Waals surface area (Å²) in [5.41, 5.74) is 3.19. The predicted molar refractivity (Wildman–Crippen MR) is 110 cm³/mol. The minimum absolute atomic E-state index is 0.0642. The molecule has 6 nitrogen and oxygen atoms in total. The number of carbonyl (C=O) groups excluding carboxylic acids is 1. The third-order valence-electron chi connectivity index (χ3n) is 4.58. The number of carbonyl (C=O) groups is 2. The number of nitrogens with zero attached hydrogens (tertiary/aromatic N) is 2. The van der Waals surface area contributed by atoms with Gasteiger partial charge in [-0.3, -0.25) is 4.79 Å². The van der Waals surface area contributed by atoms with E-state index >= 15 is 0 Å². The number of aryl methyl sites for hydroxylation is 1. The lowest BCUT2D eigenvalue weighted by molar-refractivity contribution is -0.130. The predicted octanol–water partition coefficient (Wildman–Crippen LogP) is 4.56. The van der Waals surface area contributed by atoms with Gasteiger partial charge in [-0.2, -0.15) is 8.75 Å². The number of aromatic nitrogens is 2. The van der Waals surface area contributed by atoms with E-state index in [-0.39, 0.29) is 23.4 Å². The third kappa shape index (κ3) is 3.86. The van der Waals surface area contributed by atoms with Crippen LogP contribution in [0.3, 0.4) is 0 Å². The normalized spacial score (nSPS) is 12.0. The van der Waals surface area contributed by atoms with Gasteiger partial charge in [0.1, 0.15) is 16.8 Å². The Balaban J connectivity index is 1.90. The molecule has 0 aliphatic rings. The molecule has 2 heterocycles. The van der Waals surface area contributed by atoms with Gasteiger partial charge in [0.05, 0.1) is 23.6 Å². The molecule has 0 aliphatic carbocycles. The maximum absolute atomic E-state index is 13.3. The summed E-state index contributed by atoms with van der Waals surface area (Å²) in [6, 6.07) is 15.5. The number of benzene rings is 2. The Morgan fingerprint density at radius 1 is 1.00 bits per heavy atom. The zero-order valence-electron chi connectivity index (χ0n) is 15.5. The summed E-state index contributed by atoms with van der Waals surface area (Å²) in [5, 5.41) is 10.0. The van der Waals surface area contributed by atoms with Crippen molar-refractivity contribution in [2.45, 2.75) is 13.3 Å². The van der Waals surface area contributed by atoms with Crippen LogP contribution in [0.5, 0.6) is 0 Å². The highest BCUT2D eigenvalue weighted by Crippen LogP contribution is 2.28. The van der Waals surface area contributed by atoms with Crippen molar-refractivity contribution in [3.8, 4) is 0 Å². The van der Waals surface area contributed by atoms with Gasteiger partial charge in [0.15, 0.2) is 5.78 Å². The number of allylic oxidation sites excluding steroid dienone is 1. The highest BCUT2D eigenvalue weighted by Gasteiger charge is 2.25. The Morgan fingerprint density at radius 2 is 1.72 bits per heavy atom. The molecule has 29 heavy (non-hydrogen) atoms. The van der Waals surface area contributed by atoms with Crippen LogP contribution in [0.15, 0.2) is 70.9 Å². The first-order valence-corrected chi connectivity index (χ1v) is 9.59. The molecule has 4 rings (SSSR count). The van der Waals surface area contributed by atoms with Gasteiger partial charge in [0, 0.05) is 17.6 Å². The number of aliphatic carboxylic acids is 1. The summed E-state index contributed by atoms with van der Waals surface area (Å²) in [6.45, 7) is 1.92. The van der Waals surface area contributed by atoms with Crippen LogP contribution in [0.25, 0.3) is 16.6 Å². The Kier molecular flexibility index (Phi) is 5.05. The third-order valence-corrected chi connectivity index (χ3v) is 5.13. The number of Topliss-reactive ketones (excluding diaryl/α,β-unsaturated/α-hetero) is 1. The fourth-order valence-corrected chi connectivity index (χ4v) is 3.63. The van der Waals surface area contributed by atoms with Gasteiger partial charge in [-0.05, 0) is 36.8 Å². The molecule has 144 valence electrons. The molecule has 2 aromatic heterocycles. The maximum atomic E-state index is 13.3. The Labute approximate surface area is 170 Å². The van der Waals surface area contributed by atoms with Gasteiger partial charge in [0.25, 0.3) is 0 Å². The standard InChI is InChI=1S/C22H16N2O4S/c1-13-4-6-14(7-5-13)21(25)17(12-16-3-2-10-28-16)20(22(26)27)15-8-9-18-19(11-15)24-29-23-18/h2-11H,12H2,1H3,(H,26,27). The topological polar surface area (TPSA) is 93.3 Å². The molecule has 0 atom stereocenters. The summed E-state index contributed by atoms with van der Waals surface area (Å²) in [6.07, 6.45) is 1.56. The molecule has 0 saturated carbocycles. The van der Waals surface area contributed by atoms with Crippen LogP contribution in [0.4, 0.5) is 0 Å². The number of furan rings is 1. The molecule has 0 spiro atoms. The van der Waals surface area contributed by atoms with Crippen molar-refractivity contribution in [2.75, 3.05) is 0 Å². The first-order chi connectivity index (χ1) is 14.0. The SMILES string of the molecule is Cc1ccc(C(=O)C(Cc2ccco2)=C(C(=O)O)c2ccc3nsnc3c2)cc1. The molecule has 0 saturated heterocycles. The van der Waals surface area contributed by atoms with Crippen molar-refractivity contribution in [1.82, 2.24) is 8.75 Å². The van der Waals surface area contributed by atoms with E-state index in [1.165, 1.54) is 6.26 Å². The van der Waals surface area contributed by atoms with Crippen LogP contribution in [0, 0.1) is 6.92 Å². The lowest BCUT2D eigenvalue weighted by atomic mass is 9.90. The number of fused-ring (bicyclic) bond motifs is 1. The largest absolute Gasteiger partial charge is 0.478 e. The molecule has 1 N–H and O–H groups in total. The number of carboxylic acid groups (broad SMARTS) is 1. The van der Waals surface area contributed by atoms with E-state index in [0.717, 1.165) is 17.3 Å². The van der Waals surface area contributed by atoms with E-state index in [4.69, 9.17) is 4.42 Å². The Morgan fingerprint density at radius 3 is 2.41 bits per heavy atom. The second-order valence-electron chi connectivity index (χ2n) is 6.58. The second-order valence-corrected chi connectivity index (χ2v) is 7.11. The van der Waals surface area contributed by atoms with Crippen LogP contribution in [-0.4, -0.2) is 25.6 Å². The van der Waals surface area contributed by atoms with Gasteiger partial charge in [0.2, 0.25) is 0 Å². The first kappa shape index (κ1) is 18.8. The summed E-state index contributed by atoms with van der Waals surface area (Å²) in [7, 11) is 0. The molecule has 7 heteroatoms. The zero-order chi connectivity index (χ0) is 20.4. The summed E-state index contributed by atoms with van der Waals surface area (Å²) in [4.78, 5) is 25.6. The average molecular weight is 404 g/mol. The second kappa shape index (κ2) is 7.81. The van der Waals surface area contributed by atoms with Crippen LogP contribution in [0.1, 0.15) is 27.2 Å². The van der Waals surface area contributed by atoms with Crippen molar-refractivity contribution >= 4 is 40.1 Å². The number of ketones is 1. The molecule has 2 aromatic carbocycles. The molecular weight excluding hydrogens is 388 g/mol. The molecule has 0 bridgehead atoms. The van der Waals surface area contributed by atoms with Crippen LogP contribution in [0.2, 0.25) is 0 Å². The van der Waals surface area contributed by atoms with Crippen LogP contribution >= 0.6 is 11.7 Å². The molecule has 0 aliphatic heterocycles. The van der Waals surface area contributed by atoms with Crippen molar-refractivity contribution in [3.63, 3.8) is 0 Å². The van der Waals surface area contributed by atoms with Gasteiger partial charge in [-0.25, -0.2) is 4.79 Å². The summed E-state index contributed by atoms with van der Waals surface area (Å²) < 4.78 is 13.7. The monoisotopic (exact) mass is 404 g/mol. The van der Waals surface area contributed by atoms with E-state index in [0.29, 0.717) is 27.9 Å². The lowest BCUT2D eigenvalue weighted by Crippen LogP contribution is -2.14. The highest BCUT2D eigenvalue weighted by atomic mass is 32.1. The van der Waals surface area contributed by atoms with Gasteiger partial charge in [-0.1, -0.05) is 35.9 Å². The number of hydrogen-bond donors (Lipinski definition) is 1. The molecule has 0 radical (unpaired) electrons. The Bertz CT molecular complexity index is 1220. The van der Waals surface area contributed by atoms with E-state index in [1.54, 1.807) is 42.5 Å². The van der Waals surface area contributed by atoms with Crippen molar-refractivity contribution in [3.05, 3.63) is 88.9 Å². The van der Waals surface area contributed by atoms with Crippen molar-refractivity contribution in [2.24, 2.45) is 0 Å². The fraction of sp³-hybridized carbons (Fsp3) is 0.0909. The van der Waals surface area contributed by atoms with E-state index in [1.807, 2.05) is 19.1 Å². The van der Waals surface area contributed by atoms with E-state index in [2.05, 4.69) is 8.75 Å².